The molecule has 2 amide bonds. The molecule has 0 radical (unpaired) electrons. The molecule has 0 aliphatic carbocycles. The van der Waals surface area contributed by atoms with Crippen LogP contribution in [-0.4, -0.2) is 43.8 Å². The summed E-state index contributed by atoms with van der Waals surface area (Å²) in [6, 6.07) is 30.8. The third-order valence-corrected chi connectivity index (χ3v) is 9.82. The average Bonchev–Trinajstić information content (AvgIpc) is 3.06. The number of nitrogens with zero attached hydrogens (tertiary/aromatic N) is 2. The SMILES string of the molecule is CCc1ccccc1N(CC(=O)N(Cc1ccc(Cl)cc1)[C@@H](Cc1ccccc1)C(=O)N[C@@H](C)CC)S(=O)(=O)c1ccccc1. The Bertz CT molecular complexity index is 1670. The molecule has 0 fully saturated rings. The molecule has 236 valence electrons. The molecule has 9 heteroatoms. The zero-order valence-electron chi connectivity index (χ0n) is 25.9. The number of benzene rings is 4. The van der Waals surface area contributed by atoms with E-state index >= 15 is 0 Å². The van der Waals surface area contributed by atoms with Gasteiger partial charge in [0.25, 0.3) is 10.0 Å². The van der Waals surface area contributed by atoms with Gasteiger partial charge in [-0.3, -0.25) is 13.9 Å². The van der Waals surface area contributed by atoms with Gasteiger partial charge in [0.15, 0.2) is 0 Å². The molecule has 0 bridgehead atoms. The maximum atomic E-state index is 14.6. The van der Waals surface area contributed by atoms with Crippen molar-refractivity contribution in [1.82, 2.24) is 10.2 Å². The second kappa shape index (κ2) is 15.7. The molecule has 1 N–H and O–H groups in total. The van der Waals surface area contributed by atoms with Gasteiger partial charge in [0.2, 0.25) is 11.8 Å². The van der Waals surface area contributed by atoms with Gasteiger partial charge in [-0.15, -0.1) is 0 Å². The Morgan fingerprint density at radius 3 is 2.02 bits per heavy atom. The van der Waals surface area contributed by atoms with Gasteiger partial charge in [0, 0.05) is 24.0 Å². The number of rotatable bonds is 14. The van der Waals surface area contributed by atoms with Crippen LogP contribution in [0, 0.1) is 0 Å². The van der Waals surface area contributed by atoms with Crippen LogP contribution < -0.4 is 9.62 Å². The lowest BCUT2D eigenvalue weighted by Crippen LogP contribution is -2.54. The Morgan fingerprint density at radius 1 is 0.800 bits per heavy atom. The van der Waals surface area contributed by atoms with Crippen molar-refractivity contribution in [3.8, 4) is 0 Å². The molecule has 4 aromatic rings. The van der Waals surface area contributed by atoms with E-state index in [-0.39, 0.29) is 29.8 Å². The lowest BCUT2D eigenvalue weighted by molar-refractivity contribution is -0.140. The number of carbonyl (C=O) groups excluding carboxylic acids is 2. The molecule has 4 aromatic carbocycles. The first-order chi connectivity index (χ1) is 21.6. The van der Waals surface area contributed by atoms with E-state index in [4.69, 9.17) is 11.6 Å². The van der Waals surface area contributed by atoms with Crippen LogP contribution in [0.2, 0.25) is 5.02 Å². The number of amides is 2. The highest BCUT2D eigenvalue weighted by Gasteiger charge is 2.35. The van der Waals surface area contributed by atoms with Crippen molar-refractivity contribution in [1.29, 1.82) is 0 Å². The number of aryl methyl sites for hydroxylation is 1. The van der Waals surface area contributed by atoms with Crippen molar-refractivity contribution >= 4 is 39.1 Å². The fraction of sp³-hybridized carbons (Fsp3) is 0.278. The third-order valence-electron chi connectivity index (χ3n) is 7.79. The van der Waals surface area contributed by atoms with E-state index in [0.717, 1.165) is 16.7 Å². The maximum absolute atomic E-state index is 14.6. The molecule has 0 aliphatic heterocycles. The Kier molecular flexibility index (Phi) is 11.8. The third kappa shape index (κ3) is 8.74. The summed E-state index contributed by atoms with van der Waals surface area (Å²) >= 11 is 6.16. The van der Waals surface area contributed by atoms with E-state index in [2.05, 4.69) is 5.32 Å². The first-order valence-electron chi connectivity index (χ1n) is 15.2. The highest BCUT2D eigenvalue weighted by atomic mass is 35.5. The number of hydrogen-bond donors (Lipinski definition) is 1. The quantitative estimate of drug-likeness (QED) is 0.166. The molecule has 0 spiro atoms. The topological polar surface area (TPSA) is 86.8 Å². The lowest BCUT2D eigenvalue weighted by atomic mass is 10.0. The molecule has 7 nitrogen and oxygen atoms in total. The highest BCUT2D eigenvalue weighted by Crippen LogP contribution is 2.28. The lowest BCUT2D eigenvalue weighted by Gasteiger charge is -2.34. The van der Waals surface area contributed by atoms with E-state index in [1.807, 2.05) is 63.2 Å². The average molecular weight is 646 g/mol. The van der Waals surface area contributed by atoms with Gasteiger partial charge in [-0.1, -0.05) is 104 Å². The molecule has 0 aliphatic rings. The van der Waals surface area contributed by atoms with E-state index < -0.39 is 28.5 Å². The van der Waals surface area contributed by atoms with E-state index in [1.54, 1.807) is 54.6 Å². The second-order valence-electron chi connectivity index (χ2n) is 11.0. The summed E-state index contributed by atoms with van der Waals surface area (Å²) in [5.74, 6) is -0.808. The predicted molar refractivity (Wildman–Crippen MR) is 181 cm³/mol. The Balaban J connectivity index is 1.82. The molecular formula is C36H40ClN3O4S. The minimum absolute atomic E-state index is 0.0725. The van der Waals surface area contributed by atoms with Crippen molar-refractivity contribution < 1.29 is 18.0 Å². The first-order valence-corrected chi connectivity index (χ1v) is 17.0. The molecule has 2 atom stereocenters. The van der Waals surface area contributed by atoms with Gasteiger partial charge in [0.1, 0.15) is 12.6 Å². The zero-order valence-corrected chi connectivity index (χ0v) is 27.5. The van der Waals surface area contributed by atoms with Gasteiger partial charge in [-0.2, -0.15) is 0 Å². The van der Waals surface area contributed by atoms with Crippen molar-refractivity contribution in [2.45, 2.75) is 63.6 Å². The molecule has 0 saturated heterocycles. The van der Waals surface area contributed by atoms with Crippen LogP contribution in [0.3, 0.4) is 0 Å². The summed E-state index contributed by atoms with van der Waals surface area (Å²) < 4.78 is 29.6. The van der Waals surface area contributed by atoms with Gasteiger partial charge in [-0.25, -0.2) is 8.42 Å². The summed E-state index contributed by atoms with van der Waals surface area (Å²) in [6.45, 7) is 5.42. The smallest absolute Gasteiger partial charge is 0.264 e. The summed E-state index contributed by atoms with van der Waals surface area (Å²) in [5.41, 5.74) is 2.84. The number of sulfonamides is 1. The number of para-hydroxylation sites is 1. The van der Waals surface area contributed by atoms with Crippen molar-refractivity contribution in [2.75, 3.05) is 10.8 Å². The van der Waals surface area contributed by atoms with Crippen molar-refractivity contribution in [3.05, 3.63) is 131 Å². The van der Waals surface area contributed by atoms with Crippen molar-refractivity contribution in [2.24, 2.45) is 0 Å². The van der Waals surface area contributed by atoms with Gasteiger partial charge >= 0.3 is 0 Å². The molecule has 0 unspecified atom stereocenters. The number of nitrogens with one attached hydrogen (secondary N) is 1. The number of anilines is 1. The summed E-state index contributed by atoms with van der Waals surface area (Å²) in [6.07, 6.45) is 1.53. The Hall–Kier alpha value is -4.14. The fourth-order valence-corrected chi connectivity index (χ4v) is 6.67. The predicted octanol–water partition coefficient (Wildman–Crippen LogP) is 6.65. The minimum atomic E-state index is -4.15. The van der Waals surface area contributed by atoms with Crippen LogP contribution in [-0.2, 0) is 39.0 Å². The molecular weight excluding hydrogens is 606 g/mol. The van der Waals surface area contributed by atoms with Crippen LogP contribution in [0.4, 0.5) is 5.69 Å². The molecule has 0 heterocycles. The van der Waals surface area contributed by atoms with E-state index in [9.17, 15) is 18.0 Å². The van der Waals surface area contributed by atoms with E-state index in [1.165, 1.54) is 21.3 Å². The van der Waals surface area contributed by atoms with Gasteiger partial charge in [0.05, 0.1) is 10.6 Å². The Morgan fingerprint density at radius 2 is 1.40 bits per heavy atom. The fourth-order valence-electron chi connectivity index (χ4n) is 5.07. The van der Waals surface area contributed by atoms with Crippen LogP contribution in [0.25, 0.3) is 0 Å². The number of hydrogen-bond acceptors (Lipinski definition) is 4. The van der Waals surface area contributed by atoms with Crippen LogP contribution in [0.5, 0.6) is 0 Å². The monoisotopic (exact) mass is 645 g/mol. The minimum Gasteiger partial charge on any atom is -0.352 e. The summed E-state index contributed by atoms with van der Waals surface area (Å²) in [7, 11) is -4.15. The Labute approximate surface area is 271 Å². The zero-order chi connectivity index (χ0) is 32.4. The second-order valence-corrected chi connectivity index (χ2v) is 13.3. The highest BCUT2D eigenvalue weighted by molar-refractivity contribution is 7.92. The molecule has 4 rings (SSSR count). The molecule has 0 saturated carbocycles. The number of carbonyl (C=O) groups is 2. The van der Waals surface area contributed by atoms with Gasteiger partial charge < -0.3 is 10.2 Å². The van der Waals surface area contributed by atoms with Crippen LogP contribution in [0.1, 0.15) is 43.9 Å². The number of halogens is 1. The van der Waals surface area contributed by atoms with E-state index in [0.29, 0.717) is 23.6 Å². The van der Waals surface area contributed by atoms with Gasteiger partial charge in [-0.05, 0) is 66.8 Å². The maximum Gasteiger partial charge on any atom is 0.264 e. The largest absolute Gasteiger partial charge is 0.352 e. The van der Waals surface area contributed by atoms with Crippen molar-refractivity contribution in [3.63, 3.8) is 0 Å². The summed E-state index contributed by atoms with van der Waals surface area (Å²) in [4.78, 5) is 30.1. The standard InChI is InChI=1S/C36H40ClN3O4S/c1-4-27(3)38-36(42)34(24-28-14-8-6-9-15-28)39(25-29-20-22-31(37)23-21-29)35(41)26-40(33-19-13-12-16-30(33)5-2)45(43,44)32-17-10-7-11-18-32/h6-23,27,34H,4-5,24-26H2,1-3H3,(H,38,42)/t27-,34-/m0/s1. The molecule has 45 heavy (non-hydrogen) atoms. The summed E-state index contributed by atoms with van der Waals surface area (Å²) in [5, 5.41) is 3.60. The van der Waals surface area contributed by atoms with Crippen LogP contribution in [0.15, 0.2) is 114 Å². The van der Waals surface area contributed by atoms with Crippen LogP contribution >= 0.6 is 11.6 Å². The normalized spacial score (nSPS) is 12.6. The first kappa shape index (κ1) is 33.7. The molecule has 0 aromatic heterocycles.